The third-order valence-electron chi connectivity index (χ3n) is 2.36. The Balaban J connectivity index is 2.36. The lowest BCUT2D eigenvalue weighted by atomic mass is 10.2. The number of primary amides is 1. The molecular weight excluding hydrogens is 262 g/mol. The molecule has 0 saturated carbocycles. The Morgan fingerprint density at radius 1 is 1.63 bits per heavy atom. The minimum absolute atomic E-state index is 0.695. The third kappa shape index (κ3) is 2.89. The predicted octanol–water partition coefficient (Wildman–Crippen LogP) is 2.28. The highest BCUT2D eigenvalue weighted by molar-refractivity contribution is 7.15. The number of pyridine rings is 1. The fraction of sp³-hybridized carbons (Fsp3) is 0.154. The van der Waals surface area contributed by atoms with E-state index in [0.717, 1.165) is 10.6 Å². The maximum atomic E-state index is 10.8. The summed E-state index contributed by atoms with van der Waals surface area (Å²) in [4.78, 5) is 19.9. The molecule has 6 heteroatoms. The summed E-state index contributed by atoms with van der Waals surface area (Å²) in [5.74, 6) is 2.39. The van der Waals surface area contributed by atoms with Gasteiger partial charge >= 0.3 is 6.09 Å². The second kappa shape index (κ2) is 5.50. The molecule has 0 saturated heterocycles. The molecule has 0 aliphatic carbocycles. The summed E-state index contributed by atoms with van der Waals surface area (Å²) in [5, 5.41) is 0.772. The molecule has 0 radical (unpaired) electrons. The summed E-state index contributed by atoms with van der Waals surface area (Å²) in [6, 6.07) is 3.72. The lowest BCUT2D eigenvalue weighted by Gasteiger charge is -2.08. The molecule has 0 spiro atoms. The van der Waals surface area contributed by atoms with Crippen molar-refractivity contribution in [2.75, 3.05) is 0 Å². The molecule has 2 aromatic heterocycles. The molecule has 1 atom stereocenters. The second-order valence-electron chi connectivity index (χ2n) is 3.69. The number of hydrogen-bond donors (Lipinski definition) is 1. The van der Waals surface area contributed by atoms with Gasteiger partial charge in [-0.25, -0.2) is 9.78 Å². The Morgan fingerprint density at radius 3 is 3.00 bits per heavy atom. The van der Waals surface area contributed by atoms with Crippen LogP contribution in [-0.2, 0) is 4.74 Å². The van der Waals surface area contributed by atoms with Gasteiger partial charge in [-0.05, 0) is 19.1 Å². The van der Waals surface area contributed by atoms with E-state index in [-0.39, 0.29) is 0 Å². The van der Waals surface area contributed by atoms with Gasteiger partial charge in [-0.2, -0.15) is 0 Å². The van der Waals surface area contributed by atoms with Crippen molar-refractivity contribution in [3.05, 3.63) is 35.1 Å². The zero-order valence-electron chi connectivity index (χ0n) is 10.2. The van der Waals surface area contributed by atoms with E-state index in [2.05, 4.69) is 15.9 Å². The first-order valence-electron chi connectivity index (χ1n) is 5.41. The number of carbonyl (C=O) groups excluding carboxylic acids is 1. The van der Waals surface area contributed by atoms with Gasteiger partial charge in [0.25, 0.3) is 0 Å². The molecule has 0 fully saturated rings. The van der Waals surface area contributed by atoms with Gasteiger partial charge in [-0.15, -0.1) is 17.8 Å². The number of aryl methyl sites for hydroxylation is 1. The number of nitrogens with zero attached hydrogens (tertiary/aromatic N) is 2. The van der Waals surface area contributed by atoms with Crippen LogP contribution in [0.1, 0.15) is 16.7 Å². The van der Waals surface area contributed by atoms with E-state index in [1.165, 1.54) is 11.3 Å². The molecule has 0 aliphatic heterocycles. The van der Waals surface area contributed by atoms with Gasteiger partial charge in [0.2, 0.25) is 0 Å². The van der Waals surface area contributed by atoms with Gasteiger partial charge in [-0.3, -0.25) is 4.98 Å². The molecule has 19 heavy (non-hydrogen) atoms. The van der Waals surface area contributed by atoms with E-state index < -0.39 is 12.2 Å². The highest BCUT2D eigenvalue weighted by Gasteiger charge is 2.19. The molecule has 96 valence electrons. The van der Waals surface area contributed by atoms with Crippen molar-refractivity contribution in [1.82, 2.24) is 9.97 Å². The van der Waals surface area contributed by atoms with E-state index in [9.17, 15) is 4.79 Å². The molecule has 2 aromatic rings. The number of amides is 1. The number of terminal acetylenes is 1. The lowest BCUT2D eigenvalue weighted by molar-refractivity contribution is 0.135. The summed E-state index contributed by atoms with van der Waals surface area (Å²) in [6.45, 7) is 1.81. The summed E-state index contributed by atoms with van der Waals surface area (Å²) < 4.78 is 4.87. The second-order valence-corrected chi connectivity index (χ2v) is 4.72. The summed E-state index contributed by atoms with van der Waals surface area (Å²) in [7, 11) is 0. The average molecular weight is 273 g/mol. The number of thiazole rings is 1. The first-order chi connectivity index (χ1) is 9.11. The highest BCUT2D eigenvalue weighted by atomic mass is 32.1. The van der Waals surface area contributed by atoms with Crippen LogP contribution in [0.15, 0.2) is 24.5 Å². The van der Waals surface area contributed by atoms with Gasteiger partial charge in [0.1, 0.15) is 5.01 Å². The molecular formula is C13H11N3O2S. The molecule has 0 aliphatic rings. The van der Waals surface area contributed by atoms with Gasteiger partial charge in [0, 0.05) is 18.0 Å². The Labute approximate surface area is 114 Å². The Bertz CT molecular complexity index is 631. The Morgan fingerprint density at radius 2 is 2.42 bits per heavy atom. The van der Waals surface area contributed by atoms with E-state index in [1.807, 2.05) is 12.1 Å². The molecule has 0 aromatic carbocycles. The molecule has 2 N–H and O–H groups in total. The van der Waals surface area contributed by atoms with Crippen LogP contribution in [-0.4, -0.2) is 16.1 Å². The van der Waals surface area contributed by atoms with Gasteiger partial charge in [0.05, 0.1) is 10.6 Å². The maximum absolute atomic E-state index is 10.8. The van der Waals surface area contributed by atoms with E-state index in [4.69, 9.17) is 16.9 Å². The first-order valence-corrected chi connectivity index (χ1v) is 6.23. The van der Waals surface area contributed by atoms with Crippen molar-refractivity contribution in [2.24, 2.45) is 5.73 Å². The van der Waals surface area contributed by atoms with Crippen LogP contribution >= 0.6 is 11.3 Å². The number of hydrogen-bond acceptors (Lipinski definition) is 5. The highest BCUT2D eigenvalue weighted by Crippen LogP contribution is 2.32. The van der Waals surface area contributed by atoms with E-state index in [1.54, 1.807) is 19.3 Å². The molecule has 2 heterocycles. The van der Waals surface area contributed by atoms with E-state index in [0.29, 0.717) is 10.6 Å². The maximum Gasteiger partial charge on any atom is 0.406 e. The number of ether oxygens (including phenoxy) is 1. The summed E-state index contributed by atoms with van der Waals surface area (Å²) in [6.07, 6.45) is 7.04. The Hall–Kier alpha value is -2.39. The van der Waals surface area contributed by atoms with E-state index >= 15 is 0 Å². The number of rotatable bonds is 3. The lowest BCUT2D eigenvalue weighted by Crippen LogP contribution is -2.16. The van der Waals surface area contributed by atoms with Crippen molar-refractivity contribution in [1.29, 1.82) is 0 Å². The quantitative estimate of drug-likeness (QED) is 0.870. The van der Waals surface area contributed by atoms with Crippen molar-refractivity contribution in [3.63, 3.8) is 0 Å². The molecule has 1 amide bonds. The van der Waals surface area contributed by atoms with Crippen molar-refractivity contribution >= 4 is 17.4 Å². The summed E-state index contributed by atoms with van der Waals surface area (Å²) in [5.41, 5.74) is 6.59. The zero-order chi connectivity index (χ0) is 13.8. The number of carbonyl (C=O) groups is 1. The largest absolute Gasteiger partial charge is 0.427 e. The van der Waals surface area contributed by atoms with Crippen molar-refractivity contribution < 1.29 is 9.53 Å². The van der Waals surface area contributed by atoms with Crippen LogP contribution in [0.25, 0.3) is 10.6 Å². The molecule has 1 unspecified atom stereocenters. The van der Waals surface area contributed by atoms with Crippen molar-refractivity contribution in [2.45, 2.75) is 13.0 Å². The standard InChI is InChI=1S/C13H11N3O2S/c1-3-10(18-13(14)17)11-8(2)16-12(19-11)9-5-4-6-15-7-9/h1,4-7,10H,2H3,(H2,14,17). The minimum atomic E-state index is -0.904. The smallest absolute Gasteiger partial charge is 0.406 e. The van der Waals surface area contributed by atoms with Crippen LogP contribution < -0.4 is 5.73 Å². The van der Waals surface area contributed by atoms with Gasteiger partial charge < -0.3 is 10.5 Å². The average Bonchev–Trinajstić information content (AvgIpc) is 2.79. The number of nitrogens with two attached hydrogens (primary N) is 1. The fourth-order valence-corrected chi connectivity index (χ4v) is 2.59. The van der Waals surface area contributed by atoms with Crippen LogP contribution in [0.5, 0.6) is 0 Å². The fourth-order valence-electron chi connectivity index (χ4n) is 1.54. The van der Waals surface area contributed by atoms with Crippen LogP contribution in [0, 0.1) is 19.3 Å². The van der Waals surface area contributed by atoms with Crippen LogP contribution in [0.3, 0.4) is 0 Å². The van der Waals surface area contributed by atoms with Crippen LogP contribution in [0.2, 0.25) is 0 Å². The number of aromatic nitrogens is 2. The Kier molecular flexibility index (Phi) is 3.78. The molecule has 0 bridgehead atoms. The molecule has 2 rings (SSSR count). The third-order valence-corrected chi connectivity index (χ3v) is 3.61. The monoisotopic (exact) mass is 273 g/mol. The van der Waals surface area contributed by atoms with Gasteiger partial charge in [-0.1, -0.05) is 5.92 Å². The topological polar surface area (TPSA) is 78.1 Å². The van der Waals surface area contributed by atoms with Crippen LogP contribution in [0.4, 0.5) is 4.79 Å². The zero-order valence-corrected chi connectivity index (χ0v) is 11.0. The summed E-state index contributed by atoms with van der Waals surface area (Å²) >= 11 is 1.36. The normalized spacial score (nSPS) is 11.6. The predicted molar refractivity (Wildman–Crippen MR) is 72.3 cm³/mol. The van der Waals surface area contributed by atoms with Gasteiger partial charge in [0.15, 0.2) is 6.10 Å². The molecule has 5 nitrogen and oxygen atoms in total. The SMILES string of the molecule is C#CC(OC(N)=O)c1sc(-c2cccnc2)nc1C. The minimum Gasteiger partial charge on any atom is -0.427 e. The van der Waals surface area contributed by atoms with Crippen molar-refractivity contribution in [3.8, 4) is 22.9 Å². The first kappa shape index (κ1) is 13.1.